The van der Waals surface area contributed by atoms with Crippen LogP contribution in [0.25, 0.3) is 0 Å². The lowest BCUT2D eigenvalue weighted by molar-refractivity contribution is 0.195. The molecule has 1 fully saturated rings. The van der Waals surface area contributed by atoms with Gasteiger partial charge in [-0.1, -0.05) is 0 Å². The Morgan fingerprint density at radius 2 is 2.38 bits per heavy atom. The molecule has 70 valence electrons. The minimum absolute atomic E-state index is 0.398. The summed E-state index contributed by atoms with van der Waals surface area (Å²) in [6, 6.07) is 4.27. The second-order valence-electron chi connectivity index (χ2n) is 2.95. The molecule has 0 amide bonds. The van der Waals surface area contributed by atoms with Gasteiger partial charge < -0.3 is 10.1 Å². The Morgan fingerprint density at radius 1 is 1.46 bits per heavy atom. The van der Waals surface area contributed by atoms with Gasteiger partial charge in [0.2, 0.25) is 0 Å². The molecule has 2 rings (SSSR count). The maximum absolute atomic E-state index is 5.24. The summed E-state index contributed by atoms with van der Waals surface area (Å²) in [6.45, 7) is 1.61. The van der Waals surface area contributed by atoms with Crippen LogP contribution in [0.5, 0.6) is 0 Å². The molecule has 1 aromatic heterocycles. The lowest BCUT2D eigenvalue weighted by Crippen LogP contribution is -2.19. The Kier molecular flexibility index (Phi) is 2.94. The van der Waals surface area contributed by atoms with Crippen LogP contribution in [0.3, 0.4) is 0 Å². The van der Waals surface area contributed by atoms with Crippen LogP contribution >= 0.6 is 22.6 Å². The van der Waals surface area contributed by atoms with E-state index < -0.39 is 0 Å². The number of aromatic nitrogens is 2. The highest BCUT2D eigenvalue weighted by Gasteiger charge is 2.15. The van der Waals surface area contributed by atoms with Gasteiger partial charge in [0.25, 0.3) is 0 Å². The normalized spacial score (nSPS) is 21.8. The molecular weight excluding hydrogens is 281 g/mol. The largest absolute Gasteiger partial charge is 0.379 e. The predicted molar refractivity (Wildman–Crippen MR) is 57.6 cm³/mol. The highest BCUT2D eigenvalue weighted by Crippen LogP contribution is 2.11. The number of halogens is 1. The molecule has 0 aromatic carbocycles. The Hall–Kier alpha value is -0.430. The molecule has 1 N–H and O–H groups in total. The highest BCUT2D eigenvalue weighted by molar-refractivity contribution is 14.1. The summed E-state index contributed by atoms with van der Waals surface area (Å²) in [5.41, 5.74) is 0. The van der Waals surface area contributed by atoms with Gasteiger partial charge in [-0.2, -0.15) is 0 Å². The van der Waals surface area contributed by atoms with Gasteiger partial charge in [0.15, 0.2) is 0 Å². The first-order chi connectivity index (χ1) is 6.34. The third kappa shape index (κ3) is 2.50. The monoisotopic (exact) mass is 291 g/mol. The number of nitrogens with zero attached hydrogens (tertiary/aromatic N) is 2. The fraction of sp³-hybridized carbons (Fsp3) is 0.500. The highest BCUT2D eigenvalue weighted by atomic mass is 127. The van der Waals surface area contributed by atoms with E-state index in [0.29, 0.717) is 6.04 Å². The predicted octanol–water partition coefficient (Wildman–Crippen LogP) is 1.28. The van der Waals surface area contributed by atoms with Crippen molar-refractivity contribution >= 4 is 28.4 Å². The molecule has 1 aliphatic rings. The summed E-state index contributed by atoms with van der Waals surface area (Å²) >= 11 is 2.14. The molecule has 1 saturated heterocycles. The molecule has 1 aliphatic heterocycles. The molecule has 0 unspecified atom stereocenters. The Morgan fingerprint density at radius 3 is 3.00 bits per heavy atom. The van der Waals surface area contributed by atoms with E-state index in [4.69, 9.17) is 4.74 Å². The molecule has 0 aliphatic carbocycles. The third-order valence-corrected chi connectivity index (χ3v) is 2.49. The number of rotatable bonds is 2. The van der Waals surface area contributed by atoms with Gasteiger partial charge in [-0.15, -0.1) is 10.2 Å². The lowest BCUT2D eigenvalue weighted by atomic mass is 10.2. The molecular formula is C8H10IN3O. The van der Waals surface area contributed by atoms with Crippen molar-refractivity contribution in [2.45, 2.75) is 12.5 Å². The zero-order valence-electron chi connectivity index (χ0n) is 7.03. The smallest absolute Gasteiger partial charge is 0.149 e. The van der Waals surface area contributed by atoms with Crippen LogP contribution in [0.15, 0.2) is 12.1 Å². The SMILES string of the molecule is Ic1ccc(N[C@@H]2CCOC2)nn1. The average Bonchev–Trinajstić information content (AvgIpc) is 2.62. The zero-order valence-corrected chi connectivity index (χ0v) is 9.19. The van der Waals surface area contributed by atoms with E-state index in [2.05, 4.69) is 38.1 Å². The van der Waals surface area contributed by atoms with Crippen molar-refractivity contribution in [1.29, 1.82) is 0 Å². The van der Waals surface area contributed by atoms with Gasteiger partial charge in [0.05, 0.1) is 12.6 Å². The third-order valence-electron chi connectivity index (χ3n) is 1.91. The molecule has 13 heavy (non-hydrogen) atoms. The quantitative estimate of drug-likeness (QED) is 0.834. The zero-order chi connectivity index (χ0) is 9.10. The van der Waals surface area contributed by atoms with E-state index in [1.54, 1.807) is 0 Å². The van der Waals surface area contributed by atoms with E-state index >= 15 is 0 Å². The van der Waals surface area contributed by atoms with Crippen LogP contribution in [0.1, 0.15) is 6.42 Å². The summed E-state index contributed by atoms with van der Waals surface area (Å²) in [4.78, 5) is 0. The molecule has 0 radical (unpaired) electrons. The second kappa shape index (κ2) is 4.19. The summed E-state index contributed by atoms with van der Waals surface area (Å²) < 4.78 is 6.15. The van der Waals surface area contributed by atoms with E-state index in [0.717, 1.165) is 29.2 Å². The minimum Gasteiger partial charge on any atom is -0.379 e. The average molecular weight is 291 g/mol. The molecule has 0 saturated carbocycles. The van der Waals surface area contributed by atoms with Crippen LogP contribution in [-0.2, 0) is 4.74 Å². The van der Waals surface area contributed by atoms with Crippen molar-refractivity contribution in [3.8, 4) is 0 Å². The Bertz CT molecular complexity index is 271. The molecule has 5 heteroatoms. The van der Waals surface area contributed by atoms with Crippen molar-refractivity contribution < 1.29 is 4.74 Å². The van der Waals surface area contributed by atoms with E-state index in [-0.39, 0.29) is 0 Å². The summed E-state index contributed by atoms with van der Waals surface area (Å²) in [7, 11) is 0. The number of nitrogens with one attached hydrogen (secondary N) is 1. The van der Waals surface area contributed by atoms with Crippen molar-refractivity contribution in [2.24, 2.45) is 0 Å². The second-order valence-corrected chi connectivity index (χ2v) is 4.05. The molecule has 0 bridgehead atoms. The van der Waals surface area contributed by atoms with Gasteiger partial charge in [-0.25, -0.2) is 0 Å². The van der Waals surface area contributed by atoms with Crippen molar-refractivity contribution in [2.75, 3.05) is 18.5 Å². The Balaban J connectivity index is 1.97. The molecule has 1 aromatic rings. The first-order valence-electron chi connectivity index (χ1n) is 4.18. The first kappa shape index (κ1) is 9.14. The van der Waals surface area contributed by atoms with E-state index in [1.165, 1.54) is 0 Å². The van der Waals surface area contributed by atoms with Crippen LogP contribution in [-0.4, -0.2) is 29.5 Å². The summed E-state index contributed by atoms with van der Waals surface area (Å²) in [5.74, 6) is 0.830. The van der Waals surface area contributed by atoms with Crippen molar-refractivity contribution in [1.82, 2.24) is 10.2 Å². The maximum atomic E-state index is 5.24. The molecule has 0 spiro atoms. The van der Waals surface area contributed by atoms with Crippen LogP contribution in [0.4, 0.5) is 5.82 Å². The molecule has 1 atom stereocenters. The number of hydrogen-bond donors (Lipinski definition) is 1. The van der Waals surface area contributed by atoms with Crippen LogP contribution in [0.2, 0.25) is 0 Å². The summed E-state index contributed by atoms with van der Waals surface area (Å²) in [6.07, 6.45) is 1.05. The van der Waals surface area contributed by atoms with Gasteiger partial charge in [0.1, 0.15) is 9.52 Å². The lowest BCUT2D eigenvalue weighted by Gasteiger charge is -2.09. The molecule has 4 nitrogen and oxygen atoms in total. The summed E-state index contributed by atoms with van der Waals surface area (Å²) in [5, 5.41) is 11.2. The topological polar surface area (TPSA) is 47.0 Å². The van der Waals surface area contributed by atoms with Crippen molar-refractivity contribution in [3.05, 3.63) is 15.8 Å². The standard InChI is InChI=1S/C8H10IN3O/c9-7-1-2-8(12-11-7)10-6-3-4-13-5-6/h1-2,6H,3-5H2,(H,10,12)/t6-/m1/s1. The number of anilines is 1. The van der Waals surface area contributed by atoms with Crippen molar-refractivity contribution in [3.63, 3.8) is 0 Å². The van der Waals surface area contributed by atoms with Crippen LogP contribution < -0.4 is 5.32 Å². The minimum atomic E-state index is 0.398. The number of hydrogen-bond acceptors (Lipinski definition) is 4. The van der Waals surface area contributed by atoms with E-state index in [1.807, 2.05) is 12.1 Å². The Labute approximate surface area is 90.2 Å². The van der Waals surface area contributed by atoms with Gasteiger partial charge in [0, 0.05) is 6.61 Å². The first-order valence-corrected chi connectivity index (χ1v) is 5.26. The van der Waals surface area contributed by atoms with Gasteiger partial charge >= 0.3 is 0 Å². The van der Waals surface area contributed by atoms with Gasteiger partial charge in [-0.3, -0.25) is 0 Å². The fourth-order valence-corrected chi connectivity index (χ4v) is 1.54. The number of ether oxygens (including phenoxy) is 1. The fourth-order valence-electron chi connectivity index (χ4n) is 1.25. The van der Waals surface area contributed by atoms with Gasteiger partial charge in [-0.05, 0) is 41.1 Å². The maximum Gasteiger partial charge on any atom is 0.149 e. The van der Waals surface area contributed by atoms with Crippen LogP contribution in [0, 0.1) is 3.70 Å². The van der Waals surface area contributed by atoms with E-state index in [9.17, 15) is 0 Å². The molecule has 2 heterocycles.